The van der Waals surface area contributed by atoms with E-state index in [9.17, 15) is 0 Å². The molecule has 0 radical (unpaired) electrons. The third-order valence-electron chi connectivity index (χ3n) is 5.89. The van der Waals surface area contributed by atoms with Crippen LogP contribution in [0.1, 0.15) is 30.9 Å². The molecule has 0 atom stereocenters. The molecule has 1 aromatic heterocycles. The highest BCUT2D eigenvalue weighted by atomic mass is 16.5. The molecule has 1 aliphatic rings. The largest absolute Gasteiger partial charge is 0.378 e. The van der Waals surface area contributed by atoms with Gasteiger partial charge in [-0.2, -0.15) is 5.10 Å². The summed E-state index contributed by atoms with van der Waals surface area (Å²) in [6.45, 7) is 6.25. The van der Waals surface area contributed by atoms with Crippen LogP contribution >= 0.6 is 0 Å². The Morgan fingerprint density at radius 1 is 1.12 bits per heavy atom. The number of ether oxygens (including phenoxy) is 1. The molecule has 32 heavy (non-hydrogen) atoms. The zero-order valence-electron chi connectivity index (χ0n) is 18.9. The number of piperidine rings is 1. The number of nitrogens with one attached hydrogen (secondary N) is 1. The normalized spacial score (nSPS) is 15.2. The van der Waals surface area contributed by atoms with Crippen LogP contribution in [-0.4, -0.2) is 58.5 Å². The lowest BCUT2D eigenvalue weighted by atomic mass is 9.98. The van der Waals surface area contributed by atoms with E-state index in [1.807, 2.05) is 11.7 Å². The number of hydrogen-bond acceptors (Lipinski definition) is 4. The molecule has 2 heterocycles. The van der Waals surface area contributed by atoms with Crippen LogP contribution in [0, 0.1) is 0 Å². The Morgan fingerprint density at radius 3 is 2.59 bits per heavy atom. The van der Waals surface area contributed by atoms with Crippen LogP contribution in [0.25, 0.3) is 11.1 Å². The van der Waals surface area contributed by atoms with Gasteiger partial charge in [-0.15, -0.1) is 0 Å². The first-order valence-corrected chi connectivity index (χ1v) is 11.3. The van der Waals surface area contributed by atoms with Crippen molar-refractivity contribution in [1.82, 2.24) is 25.0 Å². The fourth-order valence-electron chi connectivity index (χ4n) is 4.22. The summed E-state index contributed by atoms with van der Waals surface area (Å²) in [4.78, 5) is 10.9. The molecular weight excluding hydrogens is 400 g/mol. The standard InChI is InChI=1S/C25H32N6O/c1-3-32-23-12-14-30(15-13-23)25(26-2)28-16-22-6-4-5-7-24(22)21-10-8-20(9-11-21)17-31-19-27-18-29-31/h4-11,18-19,23H,3,12-17H2,1-2H3,(H,26,28). The van der Waals surface area contributed by atoms with E-state index in [2.05, 4.69) is 80.7 Å². The Balaban J connectivity index is 1.40. The number of benzene rings is 2. The van der Waals surface area contributed by atoms with E-state index >= 15 is 0 Å². The predicted octanol–water partition coefficient (Wildman–Crippen LogP) is 3.57. The monoisotopic (exact) mass is 432 g/mol. The molecule has 1 saturated heterocycles. The number of hydrogen-bond donors (Lipinski definition) is 1. The van der Waals surface area contributed by atoms with Gasteiger partial charge >= 0.3 is 0 Å². The van der Waals surface area contributed by atoms with Gasteiger partial charge in [0.25, 0.3) is 0 Å². The zero-order valence-corrected chi connectivity index (χ0v) is 18.9. The highest BCUT2D eigenvalue weighted by molar-refractivity contribution is 5.80. The maximum atomic E-state index is 5.78. The molecule has 0 spiro atoms. The van der Waals surface area contributed by atoms with E-state index in [0.29, 0.717) is 6.10 Å². The van der Waals surface area contributed by atoms with E-state index in [4.69, 9.17) is 4.74 Å². The lowest BCUT2D eigenvalue weighted by molar-refractivity contribution is 0.0263. The van der Waals surface area contributed by atoms with Crippen molar-refractivity contribution in [3.63, 3.8) is 0 Å². The summed E-state index contributed by atoms with van der Waals surface area (Å²) in [5.41, 5.74) is 4.89. The van der Waals surface area contributed by atoms with Gasteiger partial charge in [0.1, 0.15) is 12.7 Å². The highest BCUT2D eigenvalue weighted by Crippen LogP contribution is 2.24. The first-order chi connectivity index (χ1) is 15.8. The van der Waals surface area contributed by atoms with E-state index < -0.39 is 0 Å². The van der Waals surface area contributed by atoms with Crippen LogP contribution in [0.15, 0.2) is 66.2 Å². The minimum atomic E-state index is 0.377. The van der Waals surface area contributed by atoms with Crippen molar-refractivity contribution in [3.05, 3.63) is 72.3 Å². The van der Waals surface area contributed by atoms with Gasteiger partial charge in [-0.1, -0.05) is 48.5 Å². The maximum Gasteiger partial charge on any atom is 0.193 e. The number of aliphatic imine (C=N–C) groups is 1. The molecule has 7 heteroatoms. The smallest absolute Gasteiger partial charge is 0.193 e. The summed E-state index contributed by atoms with van der Waals surface area (Å²) in [5, 5.41) is 7.75. The first-order valence-electron chi connectivity index (χ1n) is 11.3. The van der Waals surface area contributed by atoms with Gasteiger partial charge in [0.05, 0.1) is 12.6 Å². The Bertz CT molecular complexity index is 992. The minimum absolute atomic E-state index is 0.377. The fourth-order valence-corrected chi connectivity index (χ4v) is 4.22. The second-order valence-corrected chi connectivity index (χ2v) is 7.99. The molecule has 3 aromatic rings. The van der Waals surface area contributed by atoms with Gasteiger partial charge in [0, 0.05) is 33.3 Å². The minimum Gasteiger partial charge on any atom is -0.378 e. The predicted molar refractivity (Wildman–Crippen MR) is 127 cm³/mol. The molecule has 1 fully saturated rings. The van der Waals surface area contributed by atoms with Crippen LogP contribution < -0.4 is 5.32 Å². The lowest BCUT2D eigenvalue weighted by Crippen LogP contribution is -2.46. The number of aromatic nitrogens is 3. The molecule has 0 bridgehead atoms. The molecule has 7 nitrogen and oxygen atoms in total. The van der Waals surface area contributed by atoms with Crippen LogP contribution in [-0.2, 0) is 17.8 Å². The SMILES string of the molecule is CCOC1CCN(C(=NC)NCc2ccccc2-c2ccc(Cn3cncn3)cc2)CC1. The summed E-state index contributed by atoms with van der Waals surface area (Å²) in [6, 6.07) is 17.2. The van der Waals surface area contributed by atoms with Crippen molar-refractivity contribution < 1.29 is 4.74 Å². The van der Waals surface area contributed by atoms with Crippen molar-refractivity contribution in [1.29, 1.82) is 0 Å². The summed E-state index contributed by atoms with van der Waals surface area (Å²) in [7, 11) is 1.86. The molecular formula is C25H32N6O. The molecule has 4 rings (SSSR count). The topological polar surface area (TPSA) is 67.6 Å². The van der Waals surface area contributed by atoms with Crippen molar-refractivity contribution in [2.24, 2.45) is 4.99 Å². The molecule has 1 aliphatic heterocycles. The Hall–Kier alpha value is -3.19. The summed E-state index contributed by atoms with van der Waals surface area (Å²) < 4.78 is 7.61. The Morgan fingerprint density at radius 2 is 1.91 bits per heavy atom. The van der Waals surface area contributed by atoms with Gasteiger partial charge in [-0.25, -0.2) is 9.67 Å². The molecule has 0 saturated carbocycles. The average molecular weight is 433 g/mol. The molecule has 2 aromatic carbocycles. The van der Waals surface area contributed by atoms with Gasteiger partial charge in [0.15, 0.2) is 5.96 Å². The summed E-state index contributed by atoms with van der Waals surface area (Å²) in [5.74, 6) is 0.956. The van der Waals surface area contributed by atoms with Gasteiger partial charge < -0.3 is 15.0 Å². The number of guanidine groups is 1. The second-order valence-electron chi connectivity index (χ2n) is 7.99. The molecule has 1 N–H and O–H groups in total. The quantitative estimate of drug-likeness (QED) is 0.457. The molecule has 0 amide bonds. The third-order valence-corrected chi connectivity index (χ3v) is 5.89. The van der Waals surface area contributed by atoms with Crippen LogP contribution in [0.4, 0.5) is 0 Å². The van der Waals surface area contributed by atoms with Crippen molar-refractivity contribution >= 4 is 5.96 Å². The van der Waals surface area contributed by atoms with Crippen LogP contribution in [0.5, 0.6) is 0 Å². The molecule has 168 valence electrons. The van der Waals surface area contributed by atoms with E-state index in [1.54, 1.807) is 12.7 Å². The van der Waals surface area contributed by atoms with Gasteiger partial charge in [0.2, 0.25) is 0 Å². The van der Waals surface area contributed by atoms with Crippen LogP contribution in [0.2, 0.25) is 0 Å². The van der Waals surface area contributed by atoms with E-state index in [1.165, 1.54) is 22.3 Å². The molecule has 0 aliphatic carbocycles. The second kappa shape index (κ2) is 10.9. The number of likely N-dealkylation sites (tertiary alicyclic amines) is 1. The summed E-state index contributed by atoms with van der Waals surface area (Å²) >= 11 is 0. The molecule has 0 unspecified atom stereocenters. The number of rotatable bonds is 7. The maximum absolute atomic E-state index is 5.78. The zero-order chi connectivity index (χ0) is 22.2. The Kier molecular flexibility index (Phi) is 7.51. The third kappa shape index (κ3) is 5.53. The van der Waals surface area contributed by atoms with Crippen molar-refractivity contribution in [2.45, 2.75) is 39.0 Å². The highest BCUT2D eigenvalue weighted by Gasteiger charge is 2.21. The van der Waals surface area contributed by atoms with Crippen LogP contribution in [0.3, 0.4) is 0 Å². The van der Waals surface area contributed by atoms with E-state index in [-0.39, 0.29) is 0 Å². The van der Waals surface area contributed by atoms with E-state index in [0.717, 1.165) is 51.6 Å². The van der Waals surface area contributed by atoms with Gasteiger partial charge in [-0.3, -0.25) is 4.99 Å². The fraction of sp³-hybridized carbons (Fsp3) is 0.400. The average Bonchev–Trinajstić information content (AvgIpc) is 3.35. The first kappa shape index (κ1) is 22.0. The van der Waals surface area contributed by atoms with Gasteiger partial charge in [-0.05, 0) is 42.0 Å². The number of nitrogens with zero attached hydrogens (tertiary/aromatic N) is 5. The lowest BCUT2D eigenvalue weighted by Gasteiger charge is -2.34. The van der Waals surface area contributed by atoms with Crippen molar-refractivity contribution in [3.8, 4) is 11.1 Å². The Labute approximate surface area is 190 Å². The van der Waals surface area contributed by atoms with Crippen molar-refractivity contribution in [2.75, 3.05) is 26.7 Å². The summed E-state index contributed by atoms with van der Waals surface area (Å²) in [6.07, 6.45) is 5.77.